The monoisotopic (exact) mass is 338 g/mol. The van der Waals surface area contributed by atoms with Gasteiger partial charge >= 0.3 is 0 Å². The van der Waals surface area contributed by atoms with Gasteiger partial charge in [0.05, 0.1) is 0 Å². The predicted molar refractivity (Wildman–Crippen MR) is 83.4 cm³/mol. The lowest BCUT2D eigenvalue weighted by molar-refractivity contribution is 0.889. The van der Waals surface area contributed by atoms with Crippen LogP contribution in [-0.2, 0) is 0 Å². The molecule has 0 amide bonds. The minimum Gasteiger partial charge on any atom is -0.242 e. The molecule has 4 nitrogen and oxygen atoms in total. The Morgan fingerprint density at radius 1 is 1.37 bits per heavy atom. The molecule has 1 N–H and O–H groups in total. The van der Waals surface area contributed by atoms with Crippen LogP contribution in [0.15, 0.2) is 38.9 Å². The second-order valence-electron chi connectivity index (χ2n) is 3.95. The first-order chi connectivity index (χ1) is 9.28. The van der Waals surface area contributed by atoms with Crippen molar-refractivity contribution in [3.05, 3.63) is 34.3 Å². The zero-order valence-electron chi connectivity index (χ0n) is 10.6. The van der Waals surface area contributed by atoms with Crippen molar-refractivity contribution in [3.63, 3.8) is 0 Å². The maximum atomic E-state index is 4.30. The highest BCUT2D eigenvalue weighted by Crippen LogP contribution is 2.17. The number of aliphatic imine (C=N–C) groups is 1. The van der Waals surface area contributed by atoms with E-state index < -0.39 is 0 Å². The molecule has 0 spiro atoms. The molecule has 0 saturated heterocycles. The Morgan fingerprint density at radius 2 is 2.16 bits per heavy atom. The molecule has 0 fully saturated rings. The molecule has 1 aromatic carbocycles. The Balaban J connectivity index is 1.93. The molecule has 0 aliphatic heterocycles. The highest BCUT2D eigenvalue weighted by atomic mass is 79.9. The minimum absolute atomic E-state index is 0.543. The van der Waals surface area contributed by atoms with Gasteiger partial charge in [0.25, 0.3) is 0 Å². The molecule has 1 heterocycles. The number of rotatable bonds is 6. The van der Waals surface area contributed by atoms with Gasteiger partial charge in [-0.05, 0) is 24.1 Å². The summed E-state index contributed by atoms with van der Waals surface area (Å²) in [4.78, 5) is 8.58. The van der Waals surface area contributed by atoms with Gasteiger partial charge < -0.3 is 0 Å². The van der Waals surface area contributed by atoms with Gasteiger partial charge in [0.2, 0.25) is 11.1 Å². The lowest BCUT2D eigenvalue weighted by Gasteiger charge is -1.92. The third-order valence-corrected chi connectivity index (χ3v) is 3.85. The summed E-state index contributed by atoms with van der Waals surface area (Å²) < 4.78 is 1.05. The van der Waals surface area contributed by atoms with Gasteiger partial charge in [-0.1, -0.05) is 53.2 Å². The standard InChI is InChI=1S/C13H15BrN4S/c1-2-3-8-19-13-16-12(17-18-13)15-9-10-4-6-11(14)7-5-10/h4-7,9H,2-3,8H2,1H3,(H,16,17,18). The number of benzene rings is 1. The van der Waals surface area contributed by atoms with E-state index in [1.54, 1.807) is 18.0 Å². The lowest BCUT2D eigenvalue weighted by Crippen LogP contribution is -1.80. The molecule has 0 bridgehead atoms. The van der Waals surface area contributed by atoms with E-state index in [1.807, 2.05) is 24.3 Å². The molecule has 0 atom stereocenters. The first kappa shape index (κ1) is 14.3. The largest absolute Gasteiger partial charge is 0.246 e. The maximum Gasteiger partial charge on any atom is 0.246 e. The number of nitrogens with zero attached hydrogens (tertiary/aromatic N) is 3. The molecule has 6 heteroatoms. The van der Waals surface area contributed by atoms with Crippen LogP contribution in [0.4, 0.5) is 5.95 Å². The maximum absolute atomic E-state index is 4.30. The fraction of sp³-hybridized carbons (Fsp3) is 0.308. The van der Waals surface area contributed by atoms with E-state index in [2.05, 4.69) is 43.0 Å². The molecule has 0 unspecified atom stereocenters. The van der Waals surface area contributed by atoms with Crippen molar-refractivity contribution in [2.24, 2.45) is 4.99 Å². The second-order valence-corrected chi connectivity index (χ2v) is 5.93. The molecule has 2 rings (SSSR count). The summed E-state index contributed by atoms with van der Waals surface area (Å²) >= 11 is 5.05. The fourth-order valence-corrected chi connectivity index (χ4v) is 2.49. The fourth-order valence-electron chi connectivity index (χ4n) is 1.35. The van der Waals surface area contributed by atoms with Crippen LogP contribution in [0.2, 0.25) is 0 Å². The molecule has 1 aromatic heterocycles. The van der Waals surface area contributed by atoms with Gasteiger partial charge in [-0.3, -0.25) is 0 Å². The van der Waals surface area contributed by atoms with E-state index in [0.717, 1.165) is 20.9 Å². The lowest BCUT2D eigenvalue weighted by atomic mass is 10.2. The van der Waals surface area contributed by atoms with Gasteiger partial charge in [0.1, 0.15) is 0 Å². The van der Waals surface area contributed by atoms with Crippen LogP contribution in [0, 0.1) is 0 Å². The van der Waals surface area contributed by atoms with Gasteiger partial charge in [0, 0.05) is 16.4 Å². The highest BCUT2D eigenvalue weighted by molar-refractivity contribution is 9.10. The molecule has 100 valence electrons. The third kappa shape index (κ3) is 4.80. The van der Waals surface area contributed by atoms with Gasteiger partial charge in [-0.2, -0.15) is 4.98 Å². The predicted octanol–water partition coefficient (Wildman–Crippen LogP) is 4.21. The van der Waals surface area contributed by atoms with E-state index in [9.17, 15) is 0 Å². The SMILES string of the molecule is CCCCSc1n[nH]c(N=Cc2ccc(Br)cc2)n1. The van der Waals surface area contributed by atoms with Crippen LogP contribution >= 0.6 is 27.7 Å². The molecular formula is C13H15BrN4S. The molecule has 0 saturated carbocycles. The van der Waals surface area contributed by atoms with E-state index in [0.29, 0.717) is 5.95 Å². The summed E-state index contributed by atoms with van der Waals surface area (Å²) in [6.07, 6.45) is 4.14. The Kier molecular flexibility index (Phi) is 5.60. The molecule has 0 aliphatic carbocycles. The number of aromatic amines is 1. The summed E-state index contributed by atoms with van der Waals surface area (Å²) in [5.41, 5.74) is 1.03. The highest BCUT2D eigenvalue weighted by Gasteiger charge is 2.01. The Labute approximate surface area is 125 Å². The van der Waals surface area contributed by atoms with Crippen LogP contribution in [0.25, 0.3) is 0 Å². The van der Waals surface area contributed by atoms with Crippen LogP contribution in [0.1, 0.15) is 25.3 Å². The van der Waals surface area contributed by atoms with Gasteiger partial charge in [-0.25, -0.2) is 10.1 Å². The Morgan fingerprint density at radius 3 is 2.89 bits per heavy atom. The number of thioether (sulfide) groups is 1. The Hall–Kier alpha value is -1.14. The summed E-state index contributed by atoms with van der Waals surface area (Å²) in [5.74, 6) is 1.59. The van der Waals surface area contributed by atoms with Crippen LogP contribution < -0.4 is 0 Å². The summed E-state index contributed by atoms with van der Waals surface area (Å²) in [5, 5.41) is 7.71. The zero-order valence-corrected chi connectivity index (χ0v) is 13.0. The summed E-state index contributed by atoms with van der Waals surface area (Å²) in [6, 6.07) is 7.93. The summed E-state index contributed by atoms with van der Waals surface area (Å²) in [6.45, 7) is 2.17. The van der Waals surface area contributed by atoms with Crippen molar-refractivity contribution in [2.75, 3.05) is 5.75 Å². The minimum atomic E-state index is 0.543. The summed E-state index contributed by atoms with van der Waals surface area (Å²) in [7, 11) is 0. The number of H-pyrrole nitrogens is 1. The number of hydrogen-bond donors (Lipinski definition) is 1. The normalized spacial score (nSPS) is 11.3. The third-order valence-electron chi connectivity index (χ3n) is 2.39. The quantitative estimate of drug-likeness (QED) is 0.487. The number of hydrogen-bond acceptors (Lipinski definition) is 4. The number of aromatic nitrogens is 3. The molecule has 19 heavy (non-hydrogen) atoms. The first-order valence-corrected chi connectivity index (χ1v) is 7.90. The average Bonchev–Trinajstić information content (AvgIpc) is 2.86. The van der Waals surface area contributed by atoms with E-state index in [1.165, 1.54) is 12.8 Å². The van der Waals surface area contributed by atoms with Crippen LogP contribution in [0.5, 0.6) is 0 Å². The van der Waals surface area contributed by atoms with Crippen molar-refractivity contribution in [1.82, 2.24) is 15.2 Å². The van der Waals surface area contributed by atoms with Crippen molar-refractivity contribution in [1.29, 1.82) is 0 Å². The van der Waals surface area contributed by atoms with E-state index >= 15 is 0 Å². The smallest absolute Gasteiger partial charge is 0.242 e. The molecule has 2 aromatic rings. The first-order valence-electron chi connectivity index (χ1n) is 6.13. The number of nitrogens with one attached hydrogen (secondary N) is 1. The van der Waals surface area contributed by atoms with Crippen LogP contribution in [0.3, 0.4) is 0 Å². The Bertz CT molecular complexity index is 536. The van der Waals surface area contributed by atoms with Gasteiger partial charge in [-0.15, -0.1) is 5.10 Å². The zero-order chi connectivity index (χ0) is 13.5. The van der Waals surface area contributed by atoms with Crippen LogP contribution in [-0.4, -0.2) is 27.1 Å². The molecule has 0 radical (unpaired) electrons. The number of halogens is 1. The molecular weight excluding hydrogens is 324 g/mol. The average molecular weight is 339 g/mol. The molecule has 0 aliphatic rings. The van der Waals surface area contributed by atoms with Gasteiger partial charge in [0.15, 0.2) is 0 Å². The topological polar surface area (TPSA) is 53.9 Å². The number of unbranched alkanes of at least 4 members (excludes halogenated alkanes) is 1. The van der Waals surface area contributed by atoms with Crippen molar-refractivity contribution >= 4 is 39.9 Å². The second kappa shape index (κ2) is 7.45. The van der Waals surface area contributed by atoms with E-state index in [4.69, 9.17) is 0 Å². The van der Waals surface area contributed by atoms with Crippen molar-refractivity contribution in [3.8, 4) is 0 Å². The van der Waals surface area contributed by atoms with Crippen molar-refractivity contribution < 1.29 is 0 Å². The van der Waals surface area contributed by atoms with Crippen molar-refractivity contribution in [2.45, 2.75) is 24.9 Å². The van der Waals surface area contributed by atoms with E-state index in [-0.39, 0.29) is 0 Å².